The van der Waals surface area contributed by atoms with Crippen molar-refractivity contribution >= 4 is 17.5 Å². The Hall–Kier alpha value is -3.14. The van der Waals surface area contributed by atoms with Crippen LogP contribution in [0.3, 0.4) is 0 Å². The van der Waals surface area contributed by atoms with E-state index in [9.17, 15) is 14.0 Å². The molecule has 2 heterocycles. The zero-order valence-electron chi connectivity index (χ0n) is 13.4. The number of aromatic amines is 2. The molecule has 0 saturated heterocycles. The maximum atomic E-state index is 13.0. The van der Waals surface area contributed by atoms with Crippen LogP contribution in [-0.2, 0) is 6.61 Å². The molecule has 1 aromatic carbocycles. The summed E-state index contributed by atoms with van der Waals surface area (Å²) in [6, 6.07) is 3.15. The number of ether oxygens (including phenoxy) is 1. The summed E-state index contributed by atoms with van der Waals surface area (Å²) in [6.07, 6.45) is 1.17. The van der Waals surface area contributed by atoms with E-state index in [1.165, 1.54) is 18.4 Å². The second-order valence-electron chi connectivity index (χ2n) is 5.25. The molecular weight excluding hydrogens is 369 g/mol. The van der Waals surface area contributed by atoms with Gasteiger partial charge in [-0.05, 0) is 25.1 Å². The summed E-state index contributed by atoms with van der Waals surface area (Å²) in [5.41, 5.74) is -0.444. The van der Waals surface area contributed by atoms with Crippen molar-refractivity contribution < 1.29 is 18.3 Å². The highest BCUT2D eigenvalue weighted by Gasteiger charge is 2.18. The lowest BCUT2D eigenvalue weighted by Gasteiger charge is -2.08. The number of oxazole rings is 1. The third-order valence-electron chi connectivity index (χ3n) is 3.31. The van der Waals surface area contributed by atoms with Gasteiger partial charge < -0.3 is 14.5 Å². The lowest BCUT2D eigenvalue weighted by atomic mass is 10.3. The normalized spacial score (nSPS) is 12.0. The zero-order valence-corrected chi connectivity index (χ0v) is 14.1. The van der Waals surface area contributed by atoms with E-state index in [0.717, 1.165) is 6.07 Å². The number of halogens is 2. The highest BCUT2D eigenvalue weighted by Crippen LogP contribution is 2.25. The van der Waals surface area contributed by atoms with E-state index in [2.05, 4.69) is 25.5 Å². The van der Waals surface area contributed by atoms with Crippen LogP contribution in [0.4, 0.5) is 4.39 Å². The third kappa shape index (κ3) is 4.09. The fraction of sp³-hybridized carbons (Fsp3) is 0.200. The smallest absolute Gasteiger partial charge is 0.340 e. The molecule has 0 bridgehead atoms. The van der Waals surface area contributed by atoms with Crippen molar-refractivity contribution in [2.24, 2.45) is 0 Å². The summed E-state index contributed by atoms with van der Waals surface area (Å²) in [6.45, 7) is 1.55. The van der Waals surface area contributed by atoms with Crippen LogP contribution in [0.5, 0.6) is 5.75 Å². The summed E-state index contributed by atoms with van der Waals surface area (Å²) in [7, 11) is 0. The van der Waals surface area contributed by atoms with Gasteiger partial charge in [0.25, 0.3) is 5.91 Å². The first-order valence-electron chi connectivity index (χ1n) is 7.40. The minimum absolute atomic E-state index is 0.0264. The fourth-order valence-electron chi connectivity index (χ4n) is 2.04. The SMILES string of the molecule is C[C@@H](NC(=O)c1coc(COc2ccc(F)cc2Cl)n1)c1n[nH]c(=O)[nH]1. The molecular formula is C15H13ClFN5O4. The first-order chi connectivity index (χ1) is 12.4. The number of nitrogens with zero attached hydrogens (tertiary/aromatic N) is 2. The van der Waals surface area contributed by atoms with Crippen LogP contribution in [0, 0.1) is 5.82 Å². The summed E-state index contributed by atoms with van der Waals surface area (Å²) < 4.78 is 23.5. The average molecular weight is 382 g/mol. The summed E-state index contributed by atoms with van der Waals surface area (Å²) >= 11 is 5.85. The fourth-order valence-corrected chi connectivity index (χ4v) is 2.26. The number of carbonyl (C=O) groups excluding carboxylic acids is 1. The van der Waals surface area contributed by atoms with E-state index in [1.807, 2.05) is 0 Å². The number of carbonyl (C=O) groups is 1. The van der Waals surface area contributed by atoms with Gasteiger partial charge >= 0.3 is 5.69 Å². The Morgan fingerprint density at radius 3 is 3.00 bits per heavy atom. The molecule has 2 aromatic heterocycles. The van der Waals surface area contributed by atoms with Crippen LogP contribution in [-0.4, -0.2) is 26.1 Å². The van der Waals surface area contributed by atoms with Crippen LogP contribution in [0.15, 0.2) is 33.7 Å². The maximum absolute atomic E-state index is 13.0. The van der Waals surface area contributed by atoms with Gasteiger partial charge in [-0.1, -0.05) is 11.6 Å². The number of rotatable bonds is 6. The van der Waals surface area contributed by atoms with Gasteiger partial charge in [-0.15, -0.1) is 0 Å². The first kappa shape index (κ1) is 17.7. The van der Waals surface area contributed by atoms with Gasteiger partial charge in [-0.2, -0.15) is 5.10 Å². The van der Waals surface area contributed by atoms with Crippen molar-refractivity contribution in [1.29, 1.82) is 0 Å². The highest BCUT2D eigenvalue weighted by molar-refractivity contribution is 6.32. The predicted molar refractivity (Wildman–Crippen MR) is 87.3 cm³/mol. The van der Waals surface area contributed by atoms with Gasteiger partial charge in [0.15, 0.2) is 18.1 Å². The Labute approximate surface area is 150 Å². The Kier molecular flexibility index (Phi) is 5.03. The van der Waals surface area contributed by atoms with E-state index < -0.39 is 23.5 Å². The van der Waals surface area contributed by atoms with Gasteiger partial charge in [0.2, 0.25) is 5.89 Å². The molecule has 0 saturated carbocycles. The van der Waals surface area contributed by atoms with Crippen LogP contribution in [0.2, 0.25) is 5.02 Å². The summed E-state index contributed by atoms with van der Waals surface area (Å²) in [5, 5.41) is 8.66. The van der Waals surface area contributed by atoms with Crippen LogP contribution in [0.25, 0.3) is 0 Å². The Morgan fingerprint density at radius 2 is 2.31 bits per heavy atom. The standard InChI is InChI=1S/C15H13ClFN5O4/c1-7(13-20-15(24)22-21-13)18-14(23)10-5-26-12(19-10)6-25-11-3-2-8(17)4-9(11)16/h2-5,7H,6H2,1H3,(H,18,23)(H2,20,21,22,24)/t7-/m1/s1. The van der Waals surface area contributed by atoms with Crippen LogP contribution >= 0.6 is 11.6 Å². The number of amides is 1. The molecule has 1 amide bonds. The molecule has 0 aliphatic carbocycles. The second kappa shape index (κ2) is 7.40. The second-order valence-corrected chi connectivity index (χ2v) is 5.66. The van der Waals surface area contributed by atoms with Gasteiger partial charge in [-0.25, -0.2) is 19.3 Å². The minimum atomic E-state index is -0.545. The Morgan fingerprint density at radius 1 is 1.50 bits per heavy atom. The molecule has 0 radical (unpaired) electrons. The lowest BCUT2D eigenvalue weighted by molar-refractivity contribution is 0.0933. The molecule has 9 nitrogen and oxygen atoms in total. The number of benzene rings is 1. The molecule has 11 heteroatoms. The van der Waals surface area contributed by atoms with Crippen molar-refractivity contribution in [2.45, 2.75) is 19.6 Å². The van der Waals surface area contributed by atoms with Crippen molar-refractivity contribution in [1.82, 2.24) is 25.5 Å². The maximum Gasteiger partial charge on any atom is 0.340 e. The molecule has 0 aliphatic heterocycles. The number of hydrogen-bond acceptors (Lipinski definition) is 6. The molecule has 26 heavy (non-hydrogen) atoms. The third-order valence-corrected chi connectivity index (χ3v) is 3.60. The number of aromatic nitrogens is 4. The van der Waals surface area contributed by atoms with Crippen LogP contribution < -0.4 is 15.7 Å². The van der Waals surface area contributed by atoms with Crippen molar-refractivity contribution in [3.8, 4) is 5.75 Å². The molecule has 3 rings (SSSR count). The molecule has 3 N–H and O–H groups in total. The van der Waals surface area contributed by atoms with Gasteiger partial charge in [-0.3, -0.25) is 9.78 Å². The van der Waals surface area contributed by atoms with E-state index in [4.69, 9.17) is 20.8 Å². The predicted octanol–water partition coefficient (Wildman–Crippen LogP) is 1.95. The molecule has 0 fully saturated rings. The molecule has 3 aromatic rings. The number of H-pyrrole nitrogens is 2. The Balaban J connectivity index is 1.60. The zero-order chi connectivity index (χ0) is 18.7. The topological polar surface area (TPSA) is 126 Å². The first-order valence-corrected chi connectivity index (χ1v) is 7.78. The molecule has 136 valence electrons. The largest absolute Gasteiger partial charge is 0.482 e. The van der Waals surface area contributed by atoms with Gasteiger partial charge in [0.05, 0.1) is 11.1 Å². The molecule has 0 unspecified atom stereocenters. The van der Waals surface area contributed by atoms with Crippen molar-refractivity contribution in [3.63, 3.8) is 0 Å². The van der Waals surface area contributed by atoms with E-state index in [-0.39, 0.29) is 34.8 Å². The average Bonchev–Trinajstić information content (AvgIpc) is 3.23. The highest BCUT2D eigenvalue weighted by atomic mass is 35.5. The molecule has 0 aliphatic rings. The number of nitrogens with one attached hydrogen (secondary N) is 3. The summed E-state index contributed by atoms with van der Waals surface area (Å²) in [5.74, 6) is -0.327. The van der Waals surface area contributed by atoms with E-state index in [0.29, 0.717) is 0 Å². The minimum Gasteiger partial charge on any atom is -0.482 e. The lowest BCUT2D eigenvalue weighted by Crippen LogP contribution is -2.28. The van der Waals surface area contributed by atoms with Crippen LogP contribution in [0.1, 0.15) is 35.2 Å². The monoisotopic (exact) mass is 381 g/mol. The Bertz CT molecular complexity index is 982. The quantitative estimate of drug-likeness (QED) is 0.599. The number of hydrogen-bond donors (Lipinski definition) is 3. The summed E-state index contributed by atoms with van der Waals surface area (Å²) in [4.78, 5) is 29.6. The van der Waals surface area contributed by atoms with E-state index >= 15 is 0 Å². The van der Waals surface area contributed by atoms with Crippen molar-refractivity contribution in [3.05, 3.63) is 63.2 Å². The molecule has 0 spiro atoms. The van der Waals surface area contributed by atoms with E-state index in [1.54, 1.807) is 6.92 Å². The van der Waals surface area contributed by atoms with Gasteiger partial charge in [0, 0.05) is 0 Å². The molecule has 1 atom stereocenters. The van der Waals surface area contributed by atoms with Crippen molar-refractivity contribution in [2.75, 3.05) is 0 Å². The van der Waals surface area contributed by atoms with Gasteiger partial charge in [0.1, 0.15) is 17.8 Å².